The first-order valence-electron chi connectivity index (χ1n) is 6.29. The molecule has 0 spiro atoms. The largest absolute Gasteiger partial charge is 0.335 e. The zero-order chi connectivity index (χ0) is 11.3. The lowest BCUT2D eigenvalue weighted by atomic mass is 9.81. The maximum absolute atomic E-state index is 14.1. The second kappa shape index (κ2) is 3.42. The number of amides is 1. The predicted octanol–water partition coefficient (Wildman–Crippen LogP) is 1.04. The first-order valence-corrected chi connectivity index (χ1v) is 6.29. The Kier molecular flexibility index (Phi) is 2.25. The molecule has 0 N–H and O–H groups in total. The molecule has 3 rings (SSSR count). The summed E-state index contributed by atoms with van der Waals surface area (Å²) in [4.78, 5) is 16.2. The Labute approximate surface area is 95.6 Å². The highest BCUT2D eigenvalue weighted by atomic mass is 19.1. The van der Waals surface area contributed by atoms with Crippen molar-refractivity contribution in [1.82, 2.24) is 9.80 Å². The highest BCUT2D eigenvalue weighted by Crippen LogP contribution is 2.40. The lowest BCUT2D eigenvalue weighted by molar-refractivity contribution is -0.150. The van der Waals surface area contributed by atoms with Crippen LogP contribution < -0.4 is 0 Å². The summed E-state index contributed by atoms with van der Waals surface area (Å²) in [5, 5.41) is 0. The monoisotopic (exact) mass is 226 g/mol. The van der Waals surface area contributed by atoms with Gasteiger partial charge in [-0.25, -0.2) is 4.39 Å². The van der Waals surface area contributed by atoms with Crippen molar-refractivity contribution >= 4 is 5.91 Å². The zero-order valence-corrected chi connectivity index (χ0v) is 9.79. The van der Waals surface area contributed by atoms with Crippen LogP contribution in [0, 0.1) is 5.92 Å². The topological polar surface area (TPSA) is 23.6 Å². The molecule has 0 bridgehead atoms. The van der Waals surface area contributed by atoms with Gasteiger partial charge in [0.1, 0.15) is 0 Å². The fraction of sp³-hybridized carbons (Fsp3) is 0.917. The minimum Gasteiger partial charge on any atom is -0.335 e. The van der Waals surface area contributed by atoms with Crippen molar-refractivity contribution in [2.45, 2.75) is 37.4 Å². The van der Waals surface area contributed by atoms with Crippen molar-refractivity contribution in [2.75, 3.05) is 26.7 Å². The molecule has 0 unspecified atom stereocenters. The normalized spacial score (nSPS) is 37.2. The van der Waals surface area contributed by atoms with Crippen LogP contribution in [-0.4, -0.2) is 54.1 Å². The molecule has 2 aliphatic heterocycles. The molecule has 0 aromatic heterocycles. The third-order valence-electron chi connectivity index (χ3n) is 4.52. The molecule has 3 aliphatic rings. The smallest absolute Gasteiger partial charge is 0.260 e. The summed E-state index contributed by atoms with van der Waals surface area (Å²) in [6, 6.07) is 0.283. The second-order valence-electron chi connectivity index (χ2n) is 5.65. The number of rotatable bonds is 1. The van der Waals surface area contributed by atoms with E-state index < -0.39 is 5.67 Å². The number of likely N-dealkylation sites (N-methyl/N-ethyl adjacent to an activating group) is 1. The molecular formula is C12H19FN2O. The molecule has 3 nitrogen and oxygen atoms in total. The quantitative estimate of drug-likeness (QED) is 0.667. The number of nitrogens with zero attached hydrogens (tertiary/aromatic N) is 2. The fourth-order valence-corrected chi connectivity index (χ4v) is 3.38. The Morgan fingerprint density at radius 2 is 2.12 bits per heavy atom. The highest BCUT2D eigenvalue weighted by Gasteiger charge is 2.51. The van der Waals surface area contributed by atoms with Crippen LogP contribution in [0.5, 0.6) is 0 Å². The van der Waals surface area contributed by atoms with E-state index in [-0.39, 0.29) is 11.9 Å². The number of alkyl halides is 1. The van der Waals surface area contributed by atoms with E-state index in [1.54, 1.807) is 0 Å². The van der Waals surface area contributed by atoms with Gasteiger partial charge in [0.15, 0.2) is 5.67 Å². The van der Waals surface area contributed by atoms with Gasteiger partial charge in [0, 0.05) is 25.7 Å². The molecule has 2 heterocycles. The maximum Gasteiger partial charge on any atom is 0.260 e. The van der Waals surface area contributed by atoms with E-state index in [1.165, 1.54) is 0 Å². The molecule has 0 radical (unpaired) electrons. The van der Waals surface area contributed by atoms with E-state index in [4.69, 9.17) is 0 Å². The van der Waals surface area contributed by atoms with Gasteiger partial charge >= 0.3 is 0 Å². The molecule has 1 amide bonds. The average Bonchev–Trinajstić information content (AvgIpc) is 2.71. The van der Waals surface area contributed by atoms with E-state index in [0.717, 1.165) is 32.5 Å². The lowest BCUT2D eigenvalue weighted by Crippen LogP contribution is -2.52. The summed E-state index contributed by atoms with van der Waals surface area (Å²) in [6.07, 6.45) is 2.80. The number of hydrogen-bond donors (Lipinski definition) is 0. The van der Waals surface area contributed by atoms with Crippen LogP contribution in [0.25, 0.3) is 0 Å². The molecule has 2 atom stereocenters. The molecule has 1 saturated carbocycles. The van der Waals surface area contributed by atoms with Crippen molar-refractivity contribution < 1.29 is 9.18 Å². The van der Waals surface area contributed by atoms with Crippen molar-refractivity contribution in [3.8, 4) is 0 Å². The number of likely N-dealkylation sites (tertiary alicyclic amines) is 2. The van der Waals surface area contributed by atoms with E-state index in [2.05, 4.69) is 11.9 Å². The second-order valence-corrected chi connectivity index (χ2v) is 5.65. The van der Waals surface area contributed by atoms with Gasteiger partial charge < -0.3 is 9.80 Å². The van der Waals surface area contributed by atoms with Crippen LogP contribution >= 0.6 is 0 Å². The number of halogens is 1. The summed E-state index contributed by atoms with van der Waals surface area (Å²) in [5.41, 5.74) is -1.50. The molecular weight excluding hydrogens is 207 g/mol. The molecule has 0 aromatic rings. The first-order chi connectivity index (χ1) is 7.60. The summed E-state index contributed by atoms with van der Waals surface area (Å²) in [6.45, 7) is 2.76. The van der Waals surface area contributed by atoms with E-state index >= 15 is 0 Å². The third-order valence-corrected chi connectivity index (χ3v) is 4.52. The zero-order valence-electron chi connectivity index (χ0n) is 9.79. The summed E-state index contributed by atoms with van der Waals surface area (Å²) >= 11 is 0. The molecule has 4 heteroatoms. The summed E-state index contributed by atoms with van der Waals surface area (Å²) < 4.78 is 14.1. The molecule has 0 aromatic carbocycles. The first kappa shape index (κ1) is 10.5. The Morgan fingerprint density at radius 3 is 2.75 bits per heavy atom. The average molecular weight is 226 g/mol. The van der Waals surface area contributed by atoms with Gasteiger partial charge in [-0.05, 0) is 38.6 Å². The van der Waals surface area contributed by atoms with E-state index in [1.807, 2.05) is 4.90 Å². The van der Waals surface area contributed by atoms with Gasteiger partial charge in [0.05, 0.1) is 0 Å². The summed E-state index contributed by atoms with van der Waals surface area (Å²) in [5.74, 6) is 0.360. The van der Waals surface area contributed by atoms with Crippen LogP contribution in [-0.2, 0) is 4.79 Å². The van der Waals surface area contributed by atoms with Crippen LogP contribution in [0.1, 0.15) is 25.7 Å². The summed E-state index contributed by atoms with van der Waals surface area (Å²) in [7, 11) is 2.08. The van der Waals surface area contributed by atoms with Crippen LogP contribution in [0.3, 0.4) is 0 Å². The van der Waals surface area contributed by atoms with Gasteiger partial charge in [0.2, 0.25) is 0 Å². The lowest BCUT2D eigenvalue weighted by Gasteiger charge is -2.37. The van der Waals surface area contributed by atoms with Gasteiger partial charge in [-0.1, -0.05) is 0 Å². The Bertz CT molecular complexity index is 316. The van der Waals surface area contributed by atoms with Crippen LogP contribution in [0.15, 0.2) is 0 Å². The SMILES string of the molecule is CN1C[C@@H]2CCN(C(=O)C3(F)CCC3)[C@@H]2C1. The molecule has 16 heavy (non-hydrogen) atoms. The van der Waals surface area contributed by atoms with Crippen molar-refractivity contribution in [3.63, 3.8) is 0 Å². The predicted molar refractivity (Wildman–Crippen MR) is 58.8 cm³/mol. The molecule has 90 valence electrons. The van der Waals surface area contributed by atoms with Gasteiger partial charge in [-0.15, -0.1) is 0 Å². The minimum atomic E-state index is -1.50. The Hall–Kier alpha value is -0.640. The number of carbonyl (C=O) groups is 1. The van der Waals surface area contributed by atoms with Gasteiger partial charge in [-0.2, -0.15) is 0 Å². The third kappa shape index (κ3) is 1.39. The van der Waals surface area contributed by atoms with E-state index in [0.29, 0.717) is 18.8 Å². The van der Waals surface area contributed by atoms with Crippen LogP contribution in [0.2, 0.25) is 0 Å². The number of hydrogen-bond acceptors (Lipinski definition) is 2. The van der Waals surface area contributed by atoms with Crippen LogP contribution in [0.4, 0.5) is 4.39 Å². The fourth-order valence-electron chi connectivity index (χ4n) is 3.38. The van der Waals surface area contributed by atoms with Gasteiger partial charge in [-0.3, -0.25) is 4.79 Å². The number of fused-ring (bicyclic) bond motifs is 1. The molecule has 2 saturated heterocycles. The standard InChI is InChI=1S/C12H19FN2O/c1-14-7-9-3-6-15(10(9)8-14)11(16)12(13)4-2-5-12/h9-10H,2-8H2,1H3/t9-,10+/m0/s1. The van der Waals surface area contributed by atoms with E-state index in [9.17, 15) is 9.18 Å². The molecule has 1 aliphatic carbocycles. The van der Waals surface area contributed by atoms with Crippen molar-refractivity contribution in [1.29, 1.82) is 0 Å². The van der Waals surface area contributed by atoms with Crippen molar-refractivity contribution in [2.24, 2.45) is 5.92 Å². The van der Waals surface area contributed by atoms with Gasteiger partial charge in [0.25, 0.3) is 5.91 Å². The Morgan fingerprint density at radius 1 is 1.38 bits per heavy atom. The Balaban J connectivity index is 1.73. The maximum atomic E-state index is 14.1. The minimum absolute atomic E-state index is 0.221. The number of carbonyl (C=O) groups excluding carboxylic acids is 1. The highest BCUT2D eigenvalue weighted by molar-refractivity contribution is 5.86. The van der Waals surface area contributed by atoms with Crippen molar-refractivity contribution in [3.05, 3.63) is 0 Å². The molecule has 3 fully saturated rings.